The van der Waals surface area contributed by atoms with Crippen LogP contribution in [0.2, 0.25) is 0 Å². The third-order valence-corrected chi connectivity index (χ3v) is 2.71. The molecule has 0 amide bonds. The molecule has 0 aliphatic heterocycles. The summed E-state index contributed by atoms with van der Waals surface area (Å²) in [7, 11) is 1.63. The van der Waals surface area contributed by atoms with Crippen LogP contribution in [0, 0.1) is 17.0 Å². The predicted octanol–water partition coefficient (Wildman–Crippen LogP) is 2.37. The molecule has 0 saturated carbocycles. The highest BCUT2D eigenvalue weighted by Crippen LogP contribution is 2.24. The lowest BCUT2D eigenvalue weighted by atomic mass is 10.1. The van der Waals surface area contributed by atoms with E-state index in [-0.39, 0.29) is 10.6 Å². The normalized spacial score (nSPS) is 10.4. The third kappa shape index (κ3) is 5.23. The average Bonchev–Trinajstić information content (AvgIpc) is 2.39. The van der Waals surface area contributed by atoms with Crippen LogP contribution in [0.25, 0.3) is 0 Å². The van der Waals surface area contributed by atoms with Crippen molar-refractivity contribution in [2.45, 2.75) is 13.3 Å². The summed E-state index contributed by atoms with van der Waals surface area (Å²) in [5.41, 5.74) is 1.60. The zero-order valence-corrected chi connectivity index (χ0v) is 11.3. The van der Waals surface area contributed by atoms with Gasteiger partial charge in [0.25, 0.3) is 5.69 Å². The Hall–Kier alpha value is -1.66. The van der Waals surface area contributed by atoms with Crippen molar-refractivity contribution >= 4 is 11.4 Å². The Kier molecular flexibility index (Phi) is 6.84. The average molecular weight is 268 g/mol. The first-order chi connectivity index (χ1) is 9.16. The van der Waals surface area contributed by atoms with E-state index in [1.807, 2.05) is 6.07 Å². The molecule has 0 heterocycles. The third-order valence-electron chi connectivity index (χ3n) is 2.71. The fourth-order valence-corrected chi connectivity index (χ4v) is 1.65. The van der Waals surface area contributed by atoms with E-state index in [1.165, 1.54) is 6.07 Å². The molecule has 1 rings (SSSR count). The largest absolute Gasteiger partial charge is 0.385 e. The number of nitro benzene ring substituents is 1. The van der Waals surface area contributed by atoms with E-state index in [4.69, 9.17) is 9.47 Å². The lowest BCUT2D eigenvalue weighted by Crippen LogP contribution is -2.09. The monoisotopic (exact) mass is 268 g/mol. The van der Waals surface area contributed by atoms with E-state index >= 15 is 0 Å². The maximum absolute atomic E-state index is 10.8. The van der Waals surface area contributed by atoms with E-state index in [9.17, 15) is 10.1 Å². The molecule has 0 aromatic heterocycles. The highest BCUT2D eigenvalue weighted by atomic mass is 16.6. The summed E-state index contributed by atoms with van der Waals surface area (Å²) >= 11 is 0. The van der Waals surface area contributed by atoms with Gasteiger partial charge in [-0.05, 0) is 19.4 Å². The van der Waals surface area contributed by atoms with E-state index < -0.39 is 0 Å². The number of nitrogens with one attached hydrogen (secondary N) is 1. The number of methoxy groups -OCH3 is 1. The van der Waals surface area contributed by atoms with Crippen LogP contribution in [-0.2, 0) is 9.47 Å². The van der Waals surface area contributed by atoms with Gasteiger partial charge < -0.3 is 14.8 Å². The molecule has 1 aromatic rings. The van der Waals surface area contributed by atoms with Crippen molar-refractivity contribution in [1.82, 2.24) is 0 Å². The van der Waals surface area contributed by atoms with Crippen LogP contribution in [0.15, 0.2) is 18.2 Å². The number of anilines is 1. The minimum absolute atomic E-state index is 0.140. The summed E-state index contributed by atoms with van der Waals surface area (Å²) < 4.78 is 10.2. The number of hydrogen-bond donors (Lipinski definition) is 1. The Labute approximate surface area is 112 Å². The number of nitrogens with zero attached hydrogens (tertiary/aromatic N) is 1. The zero-order valence-electron chi connectivity index (χ0n) is 11.3. The molecule has 6 heteroatoms. The van der Waals surface area contributed by atoms with Crippen LogP contribution in [0.4, 0.5) is 11.4 Å². The van der Waals surface area contributed by atoms with Crippen molar-refractivity contribution < 1.29 is 14.4 Å². The van der Waals surface area contributed by atoms with Crippen molar-refractivity contribution in [2.75, 3.05) is 38.8 Å². The number of ether oxygens (including phenoxy) is 2. The Bertz CT molecular complexity index is 410. The van der Waals surface area contributed by atoms with E-state index in [2.05, 4.69) is 5.32 Å². The Morgan fingerprint density at radius 3 is 2.79 bits per heavy atom. The van der Waals surface area contributed by atoms with Crippen molar-refractivity contribution in [2.24, 2.45) is 0 Å². The van der Waals surface area contributed by atoms with Gasteiger partial charge in [-0.1, -0.05) is 6.07 Å². The maximum atomic E-state index is 10.8. The molecule has 0 saturated heterocycles. The molecule has 0 fully saturated rings. The van der Waals surface area contributed by atoms with Crippen molar-refractivity contribution in [3.63, 3.8) is 0 Å². The van der Waals surface area contributed by atoms with E-state index in [0.29, 0.717) is 25.4 Å². The van der Waals surface area contributed by atoms with E-state index in [0.717, 1.165) is 18.7 Å². The van der Waals surface area contributed by atoms with Crippen LogP contribution in [-0.4, -0.2) is 38.4 Å². The standard InChI is InChI=1S/C13H20N2O4/c1-11-12(5-3-6-13(11)15(16)17)14-7-4-8-19-10-9-18-2/h3,5-6,14H,4,7-10H2,1-2H3. The maximum Gasteiger partial charge on any atom is 0.274 e. The molecule has 0 bridgehead atoms. The molecular weight excluding hydrogens is 248 g/mol. The molecular formula is C13H20N2O4. The van der Waals surface area contributed by atoms with Gasteiger partial charge in [0.05, 0.1) is 18.1 Å². The SMILES string of the molecule is COCCOCCCNc1cccc([N+](=O)[O-])c1C. The van der Waals surface area contributed by atoms with Crippen LogP contribution in [0.3, 0.4) is 0 Å². The summed E-state index contributed by atoms with van der Waals surface area (Å²) in [5.74, 6) is 0. The second-order valence-electron chi connectivity index (χ2n) is 4.09. The highest BCUT2D eigenvalue weighted by Gasteiger charge is 2.12. The Morgan fingerprint density at radius 2 is 2.11 bits per heavy atom. The van der Waals surface area contributed by atoms with Gasteiger partial charge in [0, 0.05) is 37.6 Å². The number of hydrogen-bond acceptors (Lipinski definition) is 5. The number of nitro groups is 1. The molecule has 106 valence electrons. The fourth-order valence-electron chi connectivity index (χ4n) is 1.65. The van der Waals surface area contributed by atoms with Gasteiger partial charge in [-0.2, -0.15) is 0 Å². The van der Waals surface area contributed by atoms with Crippen LogP contribution < -0.4 is 5.32 Å². The summed E-state index contributed by atoms with van der Waals surface area (Å²) in [6.07, 6.45) is 0.839. The number of benzene rings is 1. The van der Waals surface area contributed by atoms with Crippen molar-refractivity contribution in [1.29, 1.82) is 0 Å². The fraction of sp³-hybridized carbons (Fsp3) is 0.538. The minimum Gasteiger partial charge on any atom is -0.385 e. The molecule has 0 aliphatic rings. The van der Waals surface area contributed by atoms with Gasteiger partial charge in [-0.3, -0.25) is 10.1 Å². The molecule has 0 spiro atoms. The van der Waals surface area contributed by atoms with Crippen LogP contribution >= 0.6 is 0 Å². The number of rotatable bonds is 9. The second kappa shape index (κ2) is 8.44. The minimum atomic E-state index is -0.367. The summed E-state index contributed by atoms with van der Waals surface area (Å²) in [4.78, 5) is 10.4. The van der Waals surface area contributed by atoms with Gasteiger partial charge >= 0.3 is 0 Å². The van der Waals surface area contributed by atoms with Gasteiger partial charge in [0.2, 0.25) is 0 Å². The van der Waals surface area contributed by atoms with Crippen molar-refractivity contribution in [3.8, 4) is 0 Å². The summed E-state index contributed by atoms with van der Waals surface area (Å²) in [6.45, 7) is 4.29. The van der Waals surface area contributed by atoms with Gasteiger partial charge in [0.15, 0.2) is 0 Å². The molecule has 1 N–H and O–H groups in total. The topological polar surface area (TPSA) is 73.6 Å². The molecule has 0 unspecified atom stereocenters. The quantitative estimate of drug-likeness (QED) is 0.423. The molecule has 0 aliphatic carbocycles. The smallest absolute Gasteiger partial charge is 0.274 e. The molecule has 6 nitrogen and oxygen atoms in total. The molecule has 1 aromatic carbocycles. The predicted molar refractivity (Wildman–Crippen MR) is 73.6 cm³/mol. The lowest BCUT2D eigenvalue weighted by Gasteiger charge is -2.09. The first kappa shape index (κ1) is 15.4. The molecule has 0 atom stereocenters. The molecule has 19 heavy (non-hydrogen) atoms. The first-order valence-corrected chi connectivity index (χ1v) is 6.21. The summed E-state index contributed by atoms with van der Waals surface area (Å²) in [6, 6.07) is 5.03. The van der Waals surface area contributed by atoms with Crippen molar-refractivity contribution in [3.05, 3.63) is 33.9 Å². The summed E-state index contributed by atoms with van der Waals surface area (Å²) in [5, 5.41) is 14.0. The highest BCUT2D eigenvalue weighted by molar-refractivity contribution is 5.59. The molecule has 0 radical (unpaired) electrons. The Morgan fingerprint density at radius 1 is 1.32 bits per heavy atom. The van der Waals surface area contributed by atoms with Gasteiger partial charge in [-0.25, -0.2) is 0 Å². The Balaban J connectivity index is 2.33. The first-order valence-electron chi connectivity index (χ1n) is 6.21. The van der Waals surface area contributed by atoms with E-state index in [1.54, 1.807) is 20.1 Å². The zero-order chi connectivity index (χ0) is 14.1. The lowest BCUT2D eigenvalue weighted by molar-refractivity contribution is -0.385. The van der Waals surface area contributed by atoms with Crippen LogP contribution in [0.1, 0.15) is 12.0 Å². The van der Waals surface area contributed by atoms with Gasteiger partial charge in [0.1, 0.15) is 0 Å². The second-order valence-corrected chi connectivity index (χ2v) is 4.09. The van der Waals surface area contributed by atoms with Crippen LogP contribution in [0.5, 0.6) is 0 Å². The van der Waals surface area contributed by atoms with Gasteiger partial charge in [-0.15, -0.1) is 0 Å².